The van der Waals surface area contributed by atoms with Gasteiger partial charge < -0.3 is 5.11 Å². The molecule has 1 aromatic carbocycles. The third kappa shape index (κ3) is 2.26. The van der Waals surface area contributed by atoms with Gasteiger partial charge in [0.05, 0.1) is 11.2 Å². The van der Waals surface area contributed by atoms with E-state index in [1.54, 1.807) is 12.3 Å². The number of benzene rings is 1. The van der Waals surface area contributed by atoms with E-state index in [1.165, 1.54) is 0 Å². The molecule has 0 aliphatic heterocycles. The van der Waals surface area contributed by atoms with Gasteiger partial charge in [0.1, 0.15) is 0 Å². The fourth-order valence-corrected chi connectivity index (χ4v) is 1.36. The molecular formula is C11H10N2O3. The average Bonchev–Trinajstić information content (AvgIpc) is 2.29. The summed E-state index contributed by atoms with van der Waals surface area (Å²) in [7, 11) is 0. The number of carboxylic acids is 1. The quantitative estimate of drug-likeness (QED) is 0.763. The molecule has 5 nitrogen and oxygen atoms in total. The monoisotopic (exact) mass is 218 g/mol. The molecule has 0 spiro atoms. The predicted molar refractivity (Wildman–Crippen MR) is 59.0 cm³/mol. The highest BCUT2D eigenvalue weighted by molar-refractivity contribution is 5.90. The summed E-state index contributed by atoms with van der Waals surface area (Å²) in [6.45, 7) is -0.392. The Kier molecular flexibility index (Phi) is 2.98. The SMILES string of the molecule is O=C(O)CONc1ccnc2ccccc12. The van der Waals surface area contributed by atoms with Crippen molar-refractivity contribution in [2.45, 2.75) is 0 Å². The Labute approximate surface area is 91.6 Å². The van der Waals surface area contributed by atoms with Crippen LogP contribution >= 0.6 is 0 Å². The van der Waals surface area contributed by atoms with Crippen LogP contribution in [-0.4, -0.2) is 22.7 Å². The van der Waals surface area contributed by atoms with E-state index in [4.69, 9.17) is 9.94 Å². The molecule has 0 saturated carbocycles. The van der Waals surface area contributed by atoms with Crippen molar-refractivity contribution in [3.63, 3.8) is 0 Å². The molecule has 0 fully saturated rings. The number of aliphatic carboxylic acids is 1. The minimum absolute atomic E-state index is 0.392. The van der Waals surface area contributed by atoms with Crippen molar-refractivity contribution in [1.82, 2.24) is 4.98 Å². The summed E-state index contributed by atoms with van der Waals surface area (Å²) in [5, 5.41) is 9.31. The van der Waals surface area contributed by atoms with Crippen LogP contribution in [0.25, 0.3) is 10.9 Å². The first-order valence-corrected chi connectivity index (χ1v) is 4.71. The van der Waals surface area contributed by atoms with Gasteiger partial charge in [-0.2, -0.15) is 0 Å². The number of anilines is 1. The average molecular weight is 218 g/mol. The van der Waals surface area contributed by atoms with Gasteiger partial charge in [-0.25, -0.2) is 4.79 Å². The van der Waals surface area contributed by atoms with Crippen LogP contribution in [0.1, 0.15) is 0 Å². The molecule has 0 radical (unpaired) electrons. The molecule has 2 N–H and O–H groups in total. The molecule has 0 atom stereocenters. The van der Waals surface area contributed by atoms with E-state index in [0.29, 0.717) is 5.69 Å². The van der Waals surface area contributed by atoms with E-state index < -0.39 is 12.6 Å². The molecule has 1 heterocycles. The third-order valence-corrected chi connectivity index (χ3v) is 2.03. The fraction of sp³-hybridized carbons (Fsp3) is 0.0909. The number of rotatable bonds is 4. The highest BCUT2D eigenvalue weighted by atomic mass is 16.7. The molecule has 5 heteroatoms. The first-order valence-electron chi connectivity index (χ1n) is 4.71. The van der Waals surface area contributed by atoms with Gasteiger partial charge in [0, 0.05) is 11.6 Å². The van der Waals surface area contributed by atoms with Gasteiger partial charge in [0.2, 0.25) is 0 Å². The number of fused-ring (bicyclic) bond motifs is 1. The first kappa shape index (κ1) is 10.4. The van der Waals surface area contributed by atoms with Crippen molar-refractivity contribution in [2.24, 2.45) is 0 Å². The number of carboxylic acid groups (broad SMARTS) is 1. The molecule has 0 aliphatic rings. The molecule has 0 aliphatic carbocycles. The van der Waals surface area contributed by atoms with E-state index in [2.05, 4.69) is 10.5 Å². The number of nitrogens with one attached hydrogen (secondary N) is 1. The summed E-state index contributed by atoms with van der Waals surface area (Å²) in [6.07, 6.45) is 1.63. The third-order valence-electron chi connectivity index (χ3n) is 2.03. The predicted octanol–water partition coefficient (Wildman–Crippen LogP) is 1.66. The second kappa shape index (κ2) is 4.59. The number of nitrogens with zero attached hydrogens (tertiary/aromatic N) is 1. The smallest absolute Gasteiger partial charge is 0.332 e. The molecule has 2 rings (SSSR count). The second-order valence-electron chi connectivity index (χ2n) is 3.16. The topological polar surface area (TPSA) is 71.5 Å². The maximum Gasteiger partial charge on any atom is 0.332 e. The number of pyridine rings is 1. The van der Waals surface area contributed by atoms with Crippen LogP contribution < -0.4 is 5.48 Å². The maximum atomic E-state index is 10.3. The number of para-hydroxylation sites is 1. The van der Waals surface area contributed by atoms with Crippen molar-refractivity contribution < 1.29 is 14.7 Å². The Morgan fingerprint density at radius 3 is 3.00 bits per heavy atom. The zero-order valence-electron chi connectivity index (χ0n) is 8.38. The molecule has 0 unspecified atom stereocenters. The molecule has 82 valence electrons. The van der Waals surface area contributed by atoms with Crippen LogP contribution in [0.4, 0.5) is 5.69 Å². The standard InChI is InChI=1S/C11H10N2O3/c14-11(15)7-16-13-10-5-6-12-9-4-2-1-3-8(9)10/h1-6H,7H2,(H,12,13)(H,14,15). The summed E-state index contributed by atoms with van der Waals surface area (Å²) in [6, 6.07) is 9.25. The van der Waals surface area contributed by atoms with Gasteiger partial charge in [0.15, 0.2) is 6.61 Å². The van der Waals surface area contributed by atoms with Crippen LogP contribution in [-0.2, 0) is 9.63 Å². The van der Waals surface area contributed by atoms with Crippen LogP contribution in [0.2, 0.25) is 0 Å². The molecule has 1 aromatic heterocycles. The summed E-state index contributed by atoms with van der Waals surface area (Å²) < 4.78 is 0. The zero-order chi connectivity index (χ0) is 11.4. The second-order valence-corrected chi connectivity index (χ2v) is 3.16. The summed E-state index contributed by atoms with van der Waals surface area (Å²) >= 11 is 0. The summed E-state index contributed by atoms with van der Waals surface area (Å²) in [5.41, 5.74) is 4.12. The molecular weight excluding hydrogens is 208 g/mol. The van der Waals surface area contributed by atoms with E-state index in [1.807, 2.05) is 24.3 Å². The molecule has 2 aromatic rings. The Bertz CT molecular complexity index is 508. The Morgan fingerprint density at radius 2 is 2.19 bits per heavy atom. The Hall–Kier alpha value is -2.14. The van der Waals surface area contributed by atoms with Gasteiger partial charge in [-0.05, 0) is 12.1 Å². The maximum absolute atomic E-state index is 10.3. The lowest BCUT2D eigenvalue weighted by Gasteiger charge is -2.07. The number of hydrogen-bond donors (Lipinski definition) is 2. The van der Waals surface area contributed by atoms with E-state index >= 15 is 0 Å². The Balaban J connectivity index is 2.20. The van der Waals surface area contributed by atoms with Gasteiger partial charge in [0.25, 0.3) is 0 Å². The summed E-state index contributed by atoms with van der Waals surface area (Å²) in [4.78, 5) is 19.3. The van der Waals surface area contributed by atoms with Crippen LogP contribution in [0.15, 0.2) is 36.5 Å². The minimum atomic E-state index is -1.02. The fourth-order valence-electron chi connectivity index (χ4n) is 1.36. The number of hydrogen-bond acceptors (Lipinski definition) is 4. The minimum Gasteiger partial charge on any atom is -0.479 e. The Morgan fingerprint density at radius 1 is 1.38 bits per heavy atom. The van der Waals surface area contributed by atoms with Gasteiger partial charge in [-0.1, -0.05) is 18.2 Å². The highest BCUT2D eigenvalue weighted by Crippen LogP contribution is 2.20. The van der Waals surface area contributed by atoms with Crippen LogP contribution in [0.5, 0.6) is 0 Å². The van der Waals surface area contributed by atoms with Crippen LogP contribution in [0.3, 0.4) is 0 Å². The van der Waals surface area contributed by atoms with Crippen molar-refractivity contribution in [2.75, 3.05) is 12.1 Å². The van der Waals surface area contributed by atoms with E-state index in [0.717, 1.165) is 10.9 Å². The first-order chi connectivity index (χ1) is 7.77. The largest absolute Gasteiger partial charge is 0.479 e. The van der Waals surface area contributed by atoms with E-state index in [-0.39, 0.29) is 0 Å². The lowest BCUT2D eigenvalue weighted by Crippen LogP contribution is -2.11. The van der Waals surface area contributed by atoms with Crippen molar-refractivity contribution in [1.29, 1.82) is 0 Å². The summed E-state index contributed by atoms with van der Waals surface area (Å²) in [5.74, 6) is -1.02. The lowest BCUT2D eigenvalue weighted by molar-refractivity contribution is -0.141. The highest BCUT2D eigenvalue weighted by Gasteiger charge is 2.01. The number of carbonyl (C=O) groups is 1. The van der Waals surface area contributed by atoms with Gasteiger partial charge in [-0.15, -0.1) is 0 Å². The van der Waals surface area contributed by atoms with Crippen molar-refractivity contribution in [3.8, 4) is 0 Å². The lowest BCUT2D eigenvalue weighted by atomic mass is 10.2. The molecule has 0 amide bonds. The molecule has 0 saturated heterocycles. The van der Waals surface area contributed by atoms with Gasteiger partial charge >= 0.3 is 5.97 Å². The zero-order valence-corrected chi connectivity index (χ0v) is 8.38. The van der Waals surface area contributed by atoms with E-state index in [9.17, 15) is 4.79 Å². The van der Waals surface area contributed by atoms with Crippen molar-refractivity contribution in [3.05, 3.63) is 36.5 Å². The van der Waals surface area contributed by atoms with Crippen molar-refractivity contribution >= 4 is 22.6 Å². The van der Waals surface area contributed by atoms with Gasteiger partial charge in [-0.3, -0.25) is 15.3 Å². The molecule has 16 heavy (non-hydrogen) atoms. The molecule has 0 bridgehead atoms. The number of aromatic nitrogens is 1. The normalized spacial score (nSPS) is 10.2. The van der Waals surface area contributed by atoms with Crippen LogP contribution in [0, 0.1) is 0 Å².